The second-order valence-electron chi connectivity index (χ2n) is 8.71. The average Bonchev–Trinajstić information content (AvgIpc) is 2.80. The lowest BCUT2D eigenvalue weighted by Gasteiger charge is -2.42. The van der Waals surface area contributed by atoms with Crippen molar-refractivity contribution in [3.05, 3.63) is 60.2 Å². The quantitative estimate of drug-likeness (QED) is 0.737. The van der Waals surface area contributed by atoms with Crippen molar-refractivity contribution < 1.29 is 4.79 Å². The summed E-state index contributed by atoms with van der Waals surface area (Å²) in [6.45, 7) is 5.88. The first-order chi connectivity index (χ1) is 14.7. The molecule has 2 aliphatic rings. The van der Waals surface area contributed by atoms with Gasteiger partial charge in [-0.25, -0.2) is 0 Å². The first-order valence-electron chi connectivity index (χ1n) is 11.2. The monoisotopic (exact) mass is 407 g/mol. The smallest absolute Gasteiger partial charge is 0.227 e. The Labute approximate surface area is 179 Å². The molecular weight excluding hydrogens is 374 g/mol. The first-order valence-corrected chi connectivity index (χ1v) is 11.2. The normalized spacial score (nSPS) is 21.4. The molecule has 1 amide bonds. The Morgan fingerprint density at radius 3 is 2.60 bits per heavy atom. The first kappa shape index (κ1) is 20.9. The van der Waals surface area contributed by atoms with Gasteiger partial charge in [-0.1, -0.05) is 6.07 Å². The number of amides is 1. The van der Waals surface area contributed by atoms with E-state index < -0.39 is 0 Å². The van der Waals surface area contributed by atoms with Gasteiger partial charge in [-0.05, 0) is 75.1 Å². The van der Waals surface area contributed by atoms with Crippen molar-refractivity contribution in [2.75, 3.05) is 33.2 Å². The van der Waals surface area contributed by atoms with Crippen LogP contribution in [0.25, 0.3) is 0 Å². The van der Waals surface area contributed by atoms with Gasteiger partial charge in [0.25, 0.3) is 0 Å². The van der Waals surface area contributed by atoms with Crippen LogP contribution in [0.1, 0.15) is 36.9 Å². The molecule has 2 aromatic heterocycles. The van der Waals surface area contributed by atoms with E-state index in [2.05, 4.69) is 31.9 Å². The Hall–Kier alpha value is -2.31. The van der Waals surface area contributed by atoms with Crippen molar-refractivity contribution in [2.24, 2.45) is 5.92 Å². The van der Waals surface area contributed by atoms with Crippen LogP contribution in [0.3, 0.4) is 0 Å². The summed E-state index contributed by atoms with van der Waals surface area (Å²) in [5.74, 6) is 0.378. The number of piperidine rings is 2. The van der Waals surface area contributed by atoms with Gasteiger partial charge in [-0.3, -0.25) is 24.6 Å². The maximum atomic E-state index is 13.0. The molecule has 1 atom stereocenters. The van der Waals surface area contributed by atoms with E-state index in [1.807, 2.05) is 42.5 Å². The number of likely N-dealkylation sites (tertiary alicyclic amines) is 2. The molecular formula is C24H33N5O. The fourth-order valence-corrected chi connectivity index (χ4v) is 4.85. The lowest BCUT2D eigenvalue weighted by atomic mass is 9.92. The van der Waals surface area contributed by atoms with Crippen LogP contribution in [-0.4, -0.2) is 69.8 Å². The third-order valence-electron chi connectivity index (χ3n) is 6.53. The molecule has 6 nitrogen and oxygen atoms in total. The predicted octanol–water partition coefficient (Wildman–Crippen LogP) is 2.81. The van der Waals surface area contributed by atoms with Gasteiger partial charge in [0.2, 0.25) is 5.91 Å². The molecule has 2 aromatic rings. The molecule has 0 radical (unpaired) electrons. The zero-order valence-corrected chi connectivity index (χ0v) is 18.0. The third-order valence-corrected chi connectivity index (χ3v) is 6.53. The maximum absolute atomic E-state index is 13.0. The highest BCUT2D eigenvalue weighted by Crippen LogP contribution is 2.25. The van der Waals surface area contributed by atoms with Crippen molar-refractivity contribution in [1.82, 2.24) is 24.7 Å². The summed E-state index contributed by atoms with van der Waals surface area (Å²) >= 11 is 0. The molecule has 1 unspecified atom stereocenters. The number of nitrogens with zero attached hydrogens (tertiary/aromatic N) is 5. The Morgan fingerprint density at radius 1 is 1.07 bits per heavy atom. The summed E-state index contributed by atoms with van der Waals surface area (Å²) in [5, 5.41) is 0. The van der Waals surface area contributed by atoms with Crippen molar-refractivity contribution in [3.63, 3.8) is 0 Å². The van der Waals surface area contributed by atoms with Gasteiger partial charge in [0.1, 0.15) is 0 Å². The van der Waals surface area contributed by atoms with E-state index in [1.165, 1.54) is 18.4 Å². The van der Waals surface area contributed by atoms with Gasteiger partial charge in [-0.15, -0.1) is 0 Å². The molecule has 2 fully saturated rings. The van der Waals surface area contributed by atoms with Crippen molar-refractivity contribution in [2.45, 2.75) is 44.8 Å². The van der Waals surface area contributed by atoms with Crippen LogP contribution in [0.2, 0.25) is 0 Å². The average molecular weight is 408 g/mol. The Balaban J connectivity index is 1.26. The number of carbonyl (C=O) groups excluding carboxylic acids is 1. The Morgan fingerprint density at radius 2 is 1.87 bits per heavy atom. The highest BCUT2D eigenvalue weighted by atomic mass is 16.2. The van der Waals surface area contributed by atoms with E-state index >= 15 is 0 Å². The van der Waals surface area contributed by atoms with Gasteiger partial charge in [0.05, 0.1) is 18.2 Å². The number of hydrogen-bond acceptors (Lipinski definition) is 5. The zero-order chi connectivity index (χ0) is 20.8. The van der Waals surface area contributed by atoms with E-state index in [-0.39, 0.29) is 11.8 Å². The molecule has 2 saturated heterocycles. The van der Waals surface area contributed by atoms with Gasteiger partial charge in [0, 0.05) is 44.8 Å². The van der Waals surface area contributed by atoms with Crippen LogP contribution in [0, 0.1) is 5.92 Å². The van der Waals surface area contributed by atoms with Crippen molar-refractivity contribution in [3.8, 4) is 0 Å². The molecule has 0 saturated carbocycles. The zero-order valence-electron chi connectivity index (χ0n) is 18.0. The third kappa shape index (κ3) is 5.43. The minimum atomic E-state index is 0.113. The Bertz CT molecular complexity index is 792. The number of hydrogen-bond donors (Lipinski definition) is 0. The van der Waals surface area contributed by atoms with Crippen molar-refractivity contribution in [1.29, 1.82) is 0 Å². The summed E-state index contributed by atoms with van der Waals surface area (Å²) in [5.41, 5.74) is 2.28. The molecule has 4 rings (SSSR count). The van der Waals surface area contributed by atoms with Gasteiger partial charge in [-0.2, -0.15) is 0 Å². The number of aromatic nitrogens is 2. The maximum Gasteiger partial charge on any atom is 0.227 e. The standard InChI is InChI=1S/C24H33N5O/c1-27(19-22-6-2-3-11-26-22)24(30)21-5-4-14-29(18-21)23-9-15-28(16-10-23)17-20-7-12-25-13-8-20/h2-3,6-8,11-13,21,23H,4-5,9-10,14-19H2,1H3. The van der Waals surface area contributed by atoms with Crippen LogP contribution >= 0.6 is 0 Å². The van der Waals surface area contributed by atoms with E-state index in [1.54, 1.807) is 6.20 Å². The fraction of sp³-hybridized carbons (Fsp3) is 0.542. The number of pyridine rings is 2. The molecule has 0 bridgehead atoms. The molecule has 4 heterocycles. The summed E-state index contributed by atoms with van der Waals surface area (Å²) in [6, 6.07) is 10.7. The van der Waals surface area contributed by atoms with Crippen molar-refractivity contribution >= 4 is 5.91 Å². The lowest BCUT2D eigenvalue weighted by molar-refractivity contribution is -0.137. The molecule has 0 aliphatic carbocycles. The highest BCUT2D eigenvalue weighted by molar-refractivity contribution is 5.78. The summed E-state index contributed by atoms with van der Waals surface area (Å²) in [6.07, 6.45) is 10.0. The van der Waals surface area contributed by atoms with E-state index in [9.17, 15) is 4.79 Å². The summed E-state index contributed by atoms with van der Waals surface area (Å²) in [7, 11) is 1.91. The minimum Gasteiger partial charge on any atom is -0.340 e. The van der Waals surface area contributed by atoms with Crippen LogP contribution in [-0.2, 0) is 17.9 Å². The predicted molar refractivity (Wildman–Crippen MR) is 118 cm³/mol. The van der Waals surface area contributed by atoms with E-state index in [4.69, 9.17) is 0 Å². The second kappa shape index (κ2) is 10.1. The van der Waals surface area contributed by atoms with Crippen LogP contribution in [0.5, 0.6) is 0 Å². The minimum absolute atomic E-state index is 0.113. The molecule has 30 heavy (non-hydrogen) atoms. The fourth-order valence-electron chi connectivity index (χ4n) is 4.85. The van der Waals surface area contributed by atoms with Gasteiger partial charge in [0.15, 0.2) is 0 Å². The Kier molecular flexibility index (Phi) is 7.07. The topological polar surface area (TPSA) is 52.6 Å². The highest BCUT2D eigenvalue weighted by Gasteiger charge is 2.32. The second-order valence-corrected chi connectivity index (χ2v) is 8.71. The van der Waals surface area contributed by atoms with Gasteiger partial charge < -0.3 is 4.90 Å². The number of carbonyl (C=O) groups is 1. The molecule has 0 aromatic carbocycles. The largest absolute Gasteiger partial charge is 0.340 e. The van der Waals surface area contributed by atoms with Gasteiger partial charge >= 0.3 is 0 Å². The summed E-state index contributed by atoms with van der Waals surface area (Å²) < 4.78 is 0. The molecule has 6 heteroatoms. The van der Waals surface area contributed by atoms with E-state index in [0.717, 1.165) is 51.3 Å². The van der Waals surface area contributed by atoms with E-state index in [0.29, 0.717) is 12.6 Å². The SMILES string of the molecule is CN(Cc1ccccn1)C(=O)C1CCCN(C2CCN(Cc3ccncc3)CC2)C1. The van der Waals surface area contributed by atoms with Crippen LogP contribution in [0.15, 0.2) is 48.9 Å². The lowest BCUT2D eigenvalue weighted by Crippen LogP contribution is -2.50. The van der Waals surface area contributed by atoms with Crippen LogP contribution < -0.4 is 0 Å². The molecule has 0 N–H and O–H groups in total. The van der Waals surface area contributed by atoms with Crippen LogP contribution in [0.4, 0.5) is 0 Å². The molecule has 0 spiro atoms. The number of rotatable bonds is 6. The summed E-state index contributed by atoms with van der Waals surface area (Å²) in [4.78, 5) is 28.5. The molecule has 160 valence electrons. The molecule has 2 aliphatic heterocycles.